The van der Waals surface area contributed by atoms with Crippen molar-refractivity contribution in [3.63, 3.8) is 0 Å². The molecule has 1 aromatic heterocycles. The number of carbonyl (C=O) groups is 2. The Morgan fingerprint density at radius 1 is 1.29 bits per heavy atom. The molecule has 0 aliphatic carbocycles. The molecule has 0 aliphatic rings. The second-order valence-electron chi connectivity index (χ2n) is 4.24. The third-order valence-corrected chi connectivity index (χ3v) is 2.71. The van der Waals surface area contributed by atoms with Crippen LogP contribution in [0, 0.1) is 5.82 Å². The standard InChI is InChI=1S/C14H11FN2O4/c15-10-4-2-1-3-8(10)5-9-6-11(17-16-9)12(18)7-13(19)14(20)21/h1-4,6-7,19H,5H2,(H,16,17)(H,20,21). The van der Waals surface area contributed by atoms with Crippen LogP contribution in [0.15, 0.2) is 42.2 Å². The Bertz CT molecular complexity index is 721. The summed E-state index contributed by atoms with van der Waals surface area (Å²) in [6.07, 6.45) is 0.758. The normalized spacial score (nSPS) is 11.4. The van der Waals surface area contributed by atoms with E-state index < -0.39 is 17.5 Å². The molecule has 6 nitrogen and oxygen atoms in total. The highest BCUT2D eigenvalue weighted by Crippen LogP contribution is 2.12. The molecule has 0 spiro atoms. The van der Waals surface area contributed by atoms with Crippen molar-refractivity contribution in [3.8, 4) is 0 Å². The van der Waals surface area contributed by atoms with Gasteiger partial charge in [0.1, 0.15) is 11.5 Å². The molecule has 2 rings (SSSR count). The van der Waals surface area contributed by atoms with Crippen molar-refractivity contribution < 1.29 is 24.2 Å². The van der Waals surface area contributed by atoms with Crippen LogP contribution < -0.4 is 0 Å². The van der Waals surface area contributed by atoms with Crippen LogP contribution in [0.25, 0.3) is 0 Å². The number of carbonyl (C=O) groups excluding carboxylic acids is 1. The van der Waals surface area contributed by atoms with Gasteiger partial charge in [0, 0.05) is 12.5 Å². The Morgan fingerprint density at radius 3 is 2.67 bits per heavy atom. The van der Waals surface area contributed by atoms with Crippen LogP contribution in [0.2, 0.25) is 0 Å². The summed E-state index contributed by atoms with van der Waals surface area (Å²) in [5.74, 6) is -3.78. The molecule has 0 aliphatic heterocycles. The topological polar surface area (TPSA) is 103 Å². The average molecular weight is 290 g/mol. The quantitative estimate of drug-likeness (QED) is 0.443. The van der Waals surface area contributed by atoms with Gasteiger partial charge in [-0.1, -0.05) is 18.2 Å². The fraction of sp³-hybridized carbons (Fsp3) is 0.0714. The monoisotopic (exact) mass is 290 g/mol. The number of nitrogens with one attached hydrogen (secondary N) is 1. The summed E-state index contributed by atoms with van der Waals surface area (Å²) in [5.41, 5.74) is 0.854. The van der Waals surface area contributed by atoms with E-state index in [-0.39, 0.29) is 17.9 Å². The lowest BCUT2D eigenvalue weighted by Crippen LogP contribution is -2.04. The smallest absolute Gasteiger partial charge is 0.371 e. The summed E-state index contributed by atoms with van der Waals surface area (Å²) in [7, 11) is 0. The first kappa shape index (κ1) is 14.4. The SMILES string of the molecule is O=C(O)C(O)=CC(=O)c1cc(Cc2ccccc2F)n[nH]1. The Labute approximate surface area is 118 Å². The first-order valence-corrected chi connectivity index (χ1v) is 5.93. The first-order valence-electron chi connectivity index (χ1n) is 5.93. The van der Waals surface area contributed by atoms with Gasteiger partial charge in [-0.2, -0.15) is 5.10 Å². The van der Waals surface area contributed by atoms with Gasteiger partial charge >= 0.3 is 5.97 Å². The summed E-state index contributed by atoms with van der Waals surface area (Å²) in [4.78, 5) is 22.1. The number of nitrogens with zero attached hydrogens (tertiary/aromatic N) is 1. The number of aromatic amines is 1. The van der Waals surface area contributed by atoms with E-state index in [9.17, 15) is 14.0 Å². The lowest BCUT2D eigenvalue weighted by Gasteiger charge is -1.98. The molecule has 0 unspecified atom stereocenters. The third-order valence-electron chi connectivity index (χ3n) is 2.71. The molecule has 3 N–H and O–H groups in total. The van der Waals surface area contributed by atoms with Crippen molar-refractivity contribution in [1.29, 1.82) is 0 Å². The molecule has 1 aromatic carbocycles. The summed E-state index contributed by atoms with van der Waals surface area (Å²) in [5, 5.41) is 23.7. The van der Waals surface area contributed by atoms with E-state index in [1.165, 1.54) is 12.1 Å². The Morgan fingerprint density at radius 2 is 2.00 bits per heavy atom. The number of aliphatic hydroxyl groups is 1. The van der Waals surface area contributed by atoms with Crippen LogP contribution >= 0.6 is 0 Å². The fourth-order valence-corrected chi connectivity index (χ4v) is 1.68. The lowest BCUT2D eigenvalue weighted by molar-refractivity contribution is -0.135. The van der Waals surface area contributed by atoms with Crippen LogP contribution in [0.3, 0.4) is 0 Å². The molecule has 21 heavy (non-hydrogen) atoms. The number of allylic oxidation sites excluding steroid dienone is 1. The number of benzene rings is 1. The highest BCUT2D eigenvalue weighted by atomic mass is 19.1. The van der Waals surface area contributed by atoms with Crippen LogP contribution in [-0.4, -0.2) is 32.2 Å². The number of aliphatic carboxylic acids is 1. The predicted molar refractivity (Wildman–Crippen MR) is 70.5 cm³/mol. The second kappa shape index (κ2) is 6.00. The number of rotatable bonds is 5. The number of ketones is 1. The van der Waals surface area contributed by atoms with Crippen molar-refractivity contribution >= 4 is 11.8 Å². The number of hydrogen-bond acceptors (Lipinski definition) is 4. The largest absolute Gasteiger partial charge is 0.502 e. The molecule has 2 aromatic rings. The van der Waals surface area contributed by atoms with Crippen LogP contribution in [0.5, 0.6) is 0 Å². The first-order chi connectivity index (χ1) is 9.97. The van der Waals surface area contributed by atoms with Crippen molar-refractivity contribution in [3.05, 3.63) is 64.9 Å². The molecular weight excluding hydrogens is 279 g/mol. The third kappa shape index (κ3) is 3.53. The molecule has 7 heteroatoms. The van der Waals surface area contributed by atoms with Crippen molar-refractivity contribution in [2.24, 2.45) is 0 Å². The molecule has 0 bridgehead atoms. The molecule has 108 valence electrons. The number of carboxylic acid groups (broad SMARTS) is 1. The van der Waals surface area contributed by atoms with Gasteiger partial charge in [-0.25, -0.2) is 9.18 Å². The number of H-pyrrole nitrogens is 1. The zero-order chi connectivity index (χ0) is 15.4. The molecule has 0 atom stereocenters. The molecule has 0 saturated carbocycles. The number of hydrogen-bond donors (Lipinski definition) is 3. The van der Waals surface area contributed by atoms with Gasteiger partial charge in [-0.05, 0) is 17.7 Å². The van der Waals surface area contributed by atoms with Gasteiger partial charge in [0.15, 0.2) is 0 Å². The van der Waals surface area contributed by atoms with E-state index >= 15 is 0 Å². The highest BCUT2D eigenvalue weighted by Gasteiger charge is 2.13. The van der Waals surface area contributed by atoms with Gasteiger partial charge in [0.05, 0.1) is 5.69 Å². The zero-order valence-corrected chi connectivity index (χ0v) is 10.7. The van der Waals surface area contributed by atoms with Crippen LogP contribution in [-0.2, 0) is 11.2 Å². The summed E-state index contributed by atoms with van der Waals surface area (Å²) >= 11 is 0. The predicted octanol–water partition coefficient (Wildman–Crippen LogP) is 1.85. The van der Waals surface area contributed by atoms with Gasteiger partial charge in [-0.15, -0.1) is 0 Å². The van der Waals surface area contributed by atoms with E-state index in [4.69, 9.17) is 10.2 Å². The van der Waals surface area contributed by atoms with Gasteiger partial charge in [-0.3, -0.25) is 9.89 Å². The fourth-order valence-electron chi connectivity index (χ4n) is 1.68. The van der Waals surface area contributed by atoms with Gasteiger partial charge in [0.2, 0.25) is 11.5 Å². The lowest BCUT2D eigenvalue weighted by atomic mass is 10.1. The van der Waals surface area contributed by atoms with E-state index in [0.29, 0.717) is 17.3 Å². The van der Waals surface area contributed by atoms with Crippen molar-refractivity contribution in [1.82, 2.24) is 10.2 Å². The average Bonchev–Trinajstić information content (AvgIpc) is 2.90. The minimum absolute atomic E-state index is 0.00846. The molecule has 0 fully saturated rings. The second-order valence-corrected chi connectivity index (χ2v) is 4.24. The number of aromatic nitrogens is 2. The minimum Gasteiger partial charge on any atom is -0.502 e. The number of carboxylic acids is 1. The van der Waals surface area contributed by atoms with E-state index in [1.54, 1.807) is 18.2 Å². The van der Waals surface area contributed by atoms with Crippen molar-refractivity contribution in [2.75, 3.05) is 0 Å². The van der Waals surface area contributed by atoms with E-state index in [1.807, 2.05) is 0 Å². The summed E-state index contributed by atoms with van der Waals surface area (Å²) in [6.45, 7) is 0. The van der Waals surface area contributed by atoms with Gasteiger partial charge < -0.3 is 10.2 Å². The Balaban J connectivity index is 2.15. The maximum absolute atomic E-state index is 13.5. The number of aliphatic hydroxyl groups excluding tert-OH is 1. The van der Waals surface area contributed by atoms with Crippen molar-refractivity contribution in [2.45, 2.75) is 6.42 Å². The maximum Gasteiger partial charge on any atom is 0.371 e. The maximum atomic E-state index is 13.5. The molecule has 1 heterocycles. The van der Waals surface area contributed by atoms with Crippen LogP contribution in [0.4, 0.5) is 4.39 Å². The molecule has 0 amide bonds. The van der Waals surface area contributed by atoms with E-state index in [0.717, 1.165) is 0 Å². The molecule has 0 saturated heterocycles. The number of halogens is 1. The Hall–Kier alpha value is -2.96. The molecular formula is C14H11FN2O4. The zero-order valence-electron chi connectivity index (χ0n) is 10.7. The minimum atomic E-state index is -1.60. The van der Waals surface area contributed by atoms with Crippen LogP contribution in [0.1, 0.15) is 21.7 Å². The van der Waals surface area contributed by atoms with E-state index in [2.05, 4.69) is 10.2 Å². The van der Waals surface area contributed by atoms with Gasteiger partial charge in [0.25, 0.3) is 0 Å². The highest BCUT2D eigenvalue weighted by molar-refractivity contribution is 6.06. The molecule has 0 radical (unpaired) electrons. The Kier molecular flexibility index (Phi) is 4.13. The summed E-state index contributed by atoms with van der Waals surface area (Å²) in [6, 6.07) is 7.55. The summed E-state index contributed by atoms with van der Waals surface area (Å²) < 4.78 is 13.5.